The molecule has 0 fully saturated rings. The van der Waals surface area contributed by atoms with Gasteiger partial charge in [0.1, 0.15) is 6.23 Å². The van der Waals surface area contributed by atoms with Gasteiger partial charge in [-0.1, -0.05) is 29.4 Å². The van der Waals surface area contributed by atoms with E-state index in [9.17, 15) is 0 Å². The van der Waals surface area contributed by atoms with Crippen LogP contribution in [0.5, 0.6) is 0 Å². The van der Waals surface area contributed by atoms with Crippen LogP contribution in [0.1, 0.15) is 11.1 Å². The highest BCUT2D eigenvalue weighted by Crippen LogP contribution is 2.20. The summed E-state index contributed by atoms with van der Waals surface area (Å²) in [6, 6.07) is 8.03. The summed E-state index contributed by atoms with van der Waals surface area (Å²) in [5.74, 6) is 0. The number of fused-ring (bicyclic) bond motifs is 1. The van der Waals surface area contributed by atoms with E-state index in [2.05, 4.69) is 10.0 Å². The highest BCUT2D eigenvalue weighted by molar-refractivity contribution is 5.28. The van der Waals surface area contributed by atoms with Gasteiger partial charge in [-0.3, -0.25) is 0 Å². The predicted octanol–water partition coefficient (Wildman–Crippen LogP) is 2.40. The maximum Gasteiger partial charge on any atom is 0.141 e. The van der Waals surface area contributed by atoms with E-state index in [0.29, 0.717) is 13.0 Å². The van der Waals surface area contributed by atoms with Gasteiger partial charge in [-0.05, 0) is 16.7 Å². The SMILES string of the molecule is [N-]=[N+]=NC1Cc2ccccc2CO1. The van der Waals surface area contributed by atoms with Crippen molar-refractivity contribution in [3.63, 3.8) is 0 Å². The van der Waals surface area contributed by atoms with Crippen molar-refractivity contribution in [2.75, 3.05) is 0 Å². The molecule has 66 valence electrons. The second-order valence-electron chi connectivity index (χ2n) is 2.94. The van der Waals surface area contributed by atoms with Gasteiger partial charge >= 0.3 is 0 Å². The van der Waals surface area contributed by atoms with E-state index < -0.39 is 0 Å². The van der Waals surface area contributed by atoms with Crippen molar-refractivity contribution in [1.29, 1.82) is 0 Å². The molecule has 1 atom stereocenters. The molecule has 1 aromatic rings. The Bertz CT molecular complexity index is 358. The normalized spacial score (nSPS) is 20.2. The van der Waals surface area contributed by atoms with E-state index in [1.54, 1.807) is 0 Å². The minimum Gasteiger partial charge on any atom is -0.367 e. The second-order valence-corrected chi connectivity index (χ2v) is 2.94. The van der Waals surface area contributed by atoms with E-state index >= 15 is 0 Å². The standard InChI is InChI=1S/C9H9N3O/c10-12-11-9-5-7-3-1-2-4-8(7)6-13-9/h1-4,9H,5-6H2. The molecular weight excluding hydrogens is 166 g/mol. The molecule has 0 N–H and O–H groups in total. The minimum absolute atomic E-state index is 0.333. The summed E-state index contributed by atoms with van der Waals surface area (Å²) < 4.78 is 5.32. The minimum atomic E-state index is -0.333. The van der Waals surface area contributed by atoms with Crippen LogP contribution in [0.15, 0.2) is 29.4 Å². The van der Waals surface area contributed by atoms with Crippen LogP contribution >= 0.6 is 0 Å². The zero-order valence-corrected chi connectivity index (χ0v) is 7.05. The molecular formula is C9H9N3O. The van der Waals surface area contributed by atoms with Crippen LogP contribution in [-0.2, 0) is 17.8 Å². The van der Waals surface area contributed by atoms with Gasteiger partial charge in [0.15, 0.2) is 0 Å². The number of nitrogens with zero attached hydrogens (tertiary/aromatic N) is 3. The van der Waals surface area contributed by atoms with E-state index in [4.69, 9.17) is 10.3 Å². The van der Waals surface area contributed by atoms with Crippen LogP contribution in [-0.4, -0.2) is 6.23 Å². The van der Waals surface area contributed by atoms with Gasteiger partial charge in [0.25, 0.3) is 0 Å². The van der Waals surface area contributed by atoms with Crippen LogP contribution in [0.25, 0.3) is 10.4 Å². The monoisotopic (exact) mass is 175 g/mol. The summed E-state index contributed by atoms with van der Waals surface area (Å²) in [6.07, 6.45) is 0.347. The third-order valence-corrected chi connectivity index (χ3v) is 2.12. The lowest BCUT2D eigenvalue weighted by atomic mass is 10.0. The Hall–Kier alpha value is -1.51. The van der Waals surface area contributed by atoms with Crippen molar-refractivity contribution in [2.45, 2.75) is 19.3 Å². The fraction of sp³-hybridized carbons (Fsp3) is 0.333. The topological polar surface area (TPSA) is 58.0 Å². The molecule has 0 aromatic heterocycles. The lowest BCUT2D eigenvalue weighted by Crippen LogP contribution is -2.19. The van der Waals surface area contributed by atoms with Crippen LogP contribution in [0.3, 0.4) is 0 Å². The maximum absolute atomic E-state index is 8.24. The summed E-state index contributed by atoms with van der Waals surface area (Å²) >= 11 is 0. The molecule has 1 aromatic carbocycles. The third-order valence-electron chi connectivity index (χ3n) is 2.12. The summed E-state index contributed by atoms with van der Waals surface area (Å²) in [5.41, 5.74) is 10.6. The summed E-state index contributed by atoms with van der Waals surface area (Å²) in [7, 11) is 0. The fourth-order valence-electron chi connectivity index (χ4n) is 1.46. The molecule has 1 aliphatic heterocycles. The average molecular weight is 175 g/mol. The summed E-state index contributed by atoms with van der Waals surface area (Å²) in [5, 5.41) is 3.54. The summed E-state index contributed by atoms with van der Waals surface area (Å²) in [6.45, 7) is 0.542. The first-order valence-electron chi connectivity index (χ1n) is 4.13. The lowest BCUT2D eigenvalue weighted by molar-refractivity contribution is 0.0333. The van der Waals surface area contributed by atoms with Crippen LogP contribution in [0, 0.1) is 0 Å². The van der Waals surface area contributed by atoms with Gasteiger partial charge in [-0.25, -0.2) is 0 Å². The van der Waals surface area contributed by atoms with E-state index in [0.717, 1.165) is 0 Å². The van der Waals surface area contributed by atoms with Crippen molar-refractivity contribution < 1.29 is 4.74 Å². The molecule has 0 saturated heterocycles. The lowest BCUT2D eigenvalue weighted by Gasteiger charge is -2.21. The Morgan fingerprint density at radius 1 is 1.38 bits per heavy atom. The van der Waals surface area contributed by atoms with Crippen LogP contribution in [0.4, 0.5) is 0 Å². The Morgan fingerprint density at radius 3 is 2.92 bits per heavy atom. The highest BCUT2D eigenvalue weighted by atomic mass is 16.5. The van der Waals surface area contributed by atoms with Crippen molar-refractivity contribution in [1.82, 2.24) is 0 Å². The number of hydrogen-bond donors (Lipinski definition) is 0. The van der Waals surface area contributed by atoms with Gasteiger partial charge in [0.2, 0.25) is 0 Å². The molecule has 4 heteroatoms. The van der Waals surface area contributed by atoms with Crippen molar-refractivity contribution in [3.8, 4) is 0 Å². The second kappa shape index (κ2) is 3.47. The molecule has 2 rings (SSSR count). The molecule has 0 spiro atoms. The van der Waals surface area contributed by atoms with Gasteiger partial charge in [0.05, 0.1) is 6.61 Å². The van der Waals surface area contributed by atoms with Crippen LogP contribution < -0.4 is 0 Å². The Morgan fingerprint density at radius 2 is 2.15 bits per heavy atom. The fourth-order valence-corrected chi connectivity index (χ4v) is 1.46. The molecule has 13 heavy (non-hydrogen) atoms. The van der Waals surface area contributed by atoms with Crippen molar-refractivity contribution >= 4 is 0 Å². The Kier molecular flexibility index (Phi) is 2.17. The van der Waals surface area contributed by atoms with Crippen molar-refractivity contribution in [3.05, 3.63) is 45.8 Å². The third kappa shape index (κ3) is 1.64. The van der Waals surface area contributed by atoms with E-state index in [-0.39, 0.29) is 6.23 Å². The summed E-state index contributed by atoms with van der Waals surface area (Å²) in [4.78, 5) is 2.73. The van der Waals surface area contributed by atoms with Crippen LogP contribution in [0.2, 0.25) is 0 Å². The Balaban J connectivity index is 2.24. The first-order chi connectivity index (χ1) is 6.40. The molecule has 1 unspecified atom stereocenters. The van der Waals surface area contributed by atoms with Gasteiger partial charge in [-0.15, -0.1) is 0 Å². The van der Waals surface area contributed by atoms with Crippen molar-refractivity contribution in [2.24, 2.45) is 5.11 Å². The quantitative estimate of drug-likeness (QED) is 0.367. The van der Waals surface area contributed by atoms with E-state index in [1.807, 2.05) is 24.3 Å². The van der Waals surface area contributed by atoms with Gasteiger partial charge in [0, 0.05) is 11.3 Å². The molecule has 0 radical (unpaired) electrons. The zero-order chi connectivity index (χ0) is 9.10. The Labute approximate surface area is 75.8 Å². The van der Waals surface area contributed by atoms with E-state index in [1.165, 1.54) is 11.1 Å². The number of benzene rings is 1. The molecule has 0 amide bonds. The van der Waals surface area contributed by atoms with Gasteiger partial charge < -0.3 is 4.74 Å². The zero-order valence-electron chi connectivity index (χ0n) is 7.05. The largest absolute Gasteiger partial charge is 0.367 e. The average Bonchev–Trinajstić information content (AvgIpc) is 2.18. The smallest absolute Gasteiger partial charge is 0.141 e. The molecule has 0 bridgehead atoms. The predicted molar refractivity (Wildman–Crippen MR) is 47.9 cm³/mol. The molecule has 0 aliphatic carbocycles. The number of hydrogen-bond acceptors (Lipinski definition) is 2. The first kappa shape index (κ1) is 8.10. The first-order valence-corrected chi connectivity index (χ1v) is 4.13. The maximum atomic E-state index is 8.24. The molecule has 1 heterocycles. The molecule has 4 nitrogen and oxygen atoms in total. The molecule has 1 aliphatic rings. The number of azide groups is 1. The van der Waals surface area contributed by atoms with Gasteiger partial charge in [-0.2, -0.15) is 0 Å². The highest BCUT2D eigenvalue weighted by Gasteiger charge is 2.16. The molecule has 0 saturated carbocycles. The number of ether oxygens (including phenoxy) is 1. The number of rotatable bonds is 1.